The number of carbonyl (C=O) groups is 1. The van der Waals surface area contributed by atoms with Gasteiger partial charge in [0.25, 0.3) is 0 Å². The molecule has 2 fully saturated rings. The van der Waals surface area contributed by atoms with E-state index in [-0.39, 0.29) is 11.2 Å². The molecule has 8 heteroatoms. The first-order chi connectivity index (χ1) is 13.1. The van der Waals surface area contributed by atoms with Crippen molar-refractivity contribution in [2.24, 2.45) is 5.73 Å². The molecule has 2 aromatic rings. The standard InChI is InChI=1S/C18H22N4OS.CH3NO/c1-19-14-4-2-13(3-5-14)17-20-15(18(24)6-7-18)12-16(21-17)22-8-10-23-11-9-22;2-1-3/h2-5,12,19,24H,6-11H2,1H3;1H,(H2,2,3). The van der Waals surface area contributed by atoms with Crippen molar-refractivity contribution < 1.29 is 9.53 Å². The molecule has 2 aliphatic rings. The van der Waals surface area contributed by atoms with Gasteiger partial charge in [-0.1, -0.05) is 0 Å². The molecule has 1 aliphatic heterocycles. The normalized spacial score (nSPS) is 17.5. The summed E-state index contributed by atoms with van der Waals surface area (Å²) >= 11 is 4.81. The molecular weight excluding hydrogens is 362 g/mol. The van der Waals surface area contributed by atoms with Crippen molar-refractivity contribution in [1.29, 1.82) is 0 Å². The Hall–Kier alpha value is -2.32. The minimum Gasteiger partial charge on any atom is -0.388 e. The fourth-order valence-electron chi connectivity index (χ4n) is 2.92. The zero-order valence-electron chi connectivity index (χ0n) is 15.4. The van der Waals surface area contributed by atoms with Crippen molar-refractivity contribution in [3.05, 3.63) is 36.0 Å². The molecule has 1 aromatic carbocycles. The van der Waals surface area contributed by atoms with Gasteiger partial charge in [-0.05, 0) is 37.1 Å². The number of nitrogens with one attached hydrogen (secondary N) is 1. The first kappa shape index (κ1) is 19.4. The Bertz CT molecular complexity index is 774. The first-order valence-electron chi connectivity index (χ1n) is 8.98. The van der Waals surface area contributed by atoms with Crippen LogP contribution in [0, 0.1) is 0 Å². The van der Waals surface area contributed by atoms with Crippen molar-refractivity contribution in [1.82, 2.24) is 9.97 Å². The summed E-state index contributed by atoms with van der Waals surface area (Å²) in [5.41, 5.74) is 7.31. The summed E-state index contributed by atoms with van der Waals surface area (Å²) < 4.78 is 5.38. The molecule has 0 spiro atoms. The Kier molecular flexibility index (Phi) is 6.18. The van der Waals surface area contributed by atoms with E-state index in [0.717, 1.165) is 67.7 Å². The van der Waals surface area contributed by atoms with Gasteiger partial charge in [0.1, 0.15) is 5.82 Å². The second-order valence-electron chi connectivity index (χ2n) is 6.53. The second kappa shape index (κ2) is 8.58. The smallest absolute Gasteiger partial charge is 0.204 e. The molecule has 3 N–H and O–H groups in total. The summed E-state index contributed by atoms with van der Waals surface area (Å²) in [5.74, 6) is 1.76. The third kappa shape index (κ3) is 4.70. The van der Waals surface area contributed by atoms with E-state index in [4.69, 9.17) is 32.1 Å². The number of morpholine rings is 1. The van der Waals surface area contributed by atoms with Crippen molar-refractivity contribution in [2.45, 2.75) is 17.6 Å². The molecule has 4 rings (SSSR count). The third-order valence-corrected chi connectivity index (χ3v) is 5.36. The van der Waals surface area contributed by atoms with E-state index in [1.165, 1.54) is 0 Å². The molecule has 7 nitrogen and oxygen atoms in total. The zero-order chi connectivity index (χ0) is 19.3. The molecule has 0 atom stereocenters. The van der Waals surface area contributed by atoms with Crippen molar-refractivity contribution in [3.63, 3.8) is 0 Å². The first-order valence-corrected chi connectivity index (χ1v) is 9.42. The van der Waals surface area contributed by atoms with E-state index < -0.39 is 0 Å². The topological polar surface area (TPSA) is 93.4 Å². The van der Waals surface area contributed by atoms with Gasteiger partial charge in [-0.25, -0.2) is 9.97 Å². The highest BCUT2D eigenvalue weighted by Crippen LogP contribution is 2.51. The Morgan fingerprint density at radius 1 is 1.22 bits per heavy atom. The fraction of sp³-hybridized carbons (Fsp3) is 0.421. The zero-order valence-corrected chi connectivity index (χ0v) is 16.3. The fourth-order valence-corrected chi connectivity index (χ4v) is 3.14. The molecule has 1 aromatic heterocycles. The molecule has 0 unspecified atom stereocenters. The lowest BCUT2D eigenvalue weighted by atomic mass is 10.1. The molecule has 1 saturated carbocycles. The molecule has 1 aliphatic carbocycles. The van der Waals surface area contributed by atoms with Crippen LogP contribution >= 0.6 is 12.6 Å². The van der Waals surface area contributed by atoms with E-state index in [2.05, 4.69) is 34.1 Å². The molecule has 144 valence electrons. The van der Waals surface area contributed by atoms with Gasteiger partial charge in [-0.2, -0.15) is 12.6 Å². The number of anilines is 2. The van der Waals surface area contributed by atoms with Crippen LogP contribution < -0.4 is 16.0 Å². The lowest BCUT2D eigenvalue weighted by Crippen LogP contribution is -2.37. The maximum Gasteiger partial charge on any atom is 0.204 e. The predicted molar refractivity (Wildman–Crippen MR) is 110 cm³/mol. The summed E-state index contributed by atoms with van der Waals surface area (Å²) in [4.78, 5) is 20.5. The number of thiol groups is 1. The van der Waals surface area contributed by atoms with Crippen LogP contribution in [0.4, 0.5) is 11.5 Å². The number of ether oxygens (including phenoxy) is 1. The highest BCUT2D eigenvalue weighted by molar-refractivity contribution is 7.81. The van der Waals surface area contributed by atoms with Gasteiger partial charge in [0, 0.05) is 37.5 Å². The van der Waals surface area contributed by atoms with Crippen LogP contribution in [0.25, 0.3) is 11.4 Å². The van der Waals surface area contributed by atoms with Crippen LogP contribution in [0.15, 0.2) is 30.3 Å². The van der Waals surface area contributed by atoms with Gasteiger partial charge in [0.15, 0.2) is 5.82 Å². The lowest BCUT2D eigenvalue weighted by Gasteiger charge is -2.28. The van der Waals surface area contributed by atoms with E-state index >= 15 is 0 Å². The monoisotopic (exact) mass is 387 g/mol. The van der Waals surface area contributed by atoms with Gasteiger partial charge in [0.05, 0.1) is 23.7 Å². The predicted octanol–water partition coefficient (Wildman–Crippen LogP) is 2.04. The van der Waals surface area contributed by atoms with Crippen LogP contribution in [-0.2, 0) is 14.3 Å². The largest absolute Gasteiger partial charge is 0.388 e. The molecule has 2 heterocycles. The Balaban J connectivity index is 0.000000659. The maximum atomic E-state index is 8.58. The molecule has 27 heavy (non-hydrogen) atoms. The molecule has 1 amide bonds. The van der Waals surface area contributed by atoms with Crippen LogP contribution in [0.2, 0.25) is 0 Å². The Morgan fingerprint density at radius 3 is 2.41 bits per heavy atom. The van der Waals surface area contributed by atoms with Gasteiger partial charge in [-0.3, -0.25) is 4.79 Å². The molecule has 0 radical (unpaired) electrons. The van der Waals surface area contributed by atoms with Gasteiger partial charge < -0.3 is 20.7 Å². The summed E-state index contributed by atoms with van der Waals surface area (Å²) in [7, 11) is 1.92. The van der Waals surface area contributed by atoms with E-state index in [9.17, 15) is 0 Å². The summed E-state index contributed by atoms with van der Waals surface area (Å²) in [6.45, 7) is 3.23. The quantitative estimate of drug-likeness (QED) is 0.549. The average Bonchev–Trinajstić information content (AvgIpc) is 3.48. The number of benzene rings is 1. The number of nitrogens with zero attached hydrogens (tertiary/aromatic N) is 3. The number of rotatable bonds is 4. The molecular formula is C19H25N5O2S. The molecule has 0 bridgehead atoms. The van der Waals surface area contributed by atoms with E-state index in [1.807, 2.05) is 19.2 Å². The van der Waals surface area contributed by atoms with Crippen LogP contribution in [0.5, 0.6) is 0 Å². The number of primary amides is 1. The summed E-state index contributed by atoms with van der Waals surface area (Å²) in [6.07, 6.45) is 2.40. The number of hydrogen-bond acceptors (Lipinski definition) is 7. The number of amides is 1. The number of carbonyl (C=O) groups excluding carboxylic acids is 1. The van der Waals surface area contributed by atoms with Gasteiger partial charge in [0.2, 0.25) is 6.41 Å². The Morgan fingerprint density at radius 2 is 1.85 bits per heavy atom. The Labute approximate surface area is 164 Å². The van der Waals surface area contributed by atoms with Gasteiger partial charge in [-0.15, -0.1) is 0 Å². The van der Waals surface area contributed by atoms with Crippen molar-refractivity contribution in [2.75, 3.05) is 43.6 Å². The summed E-state index contributed by atoms with van der Waals surface area (Å²) in [6, 6.07) is 10.3. The van der Waals surface area contributed by atoms with E-state index in [0.29, 0.717) is 0 Å². The minimum atomic E-state index is -0.0797. The van der Waals surface area contributed by atoms with Gasteiger partial charge >= 0.3 is 0 Å². The minimum absolute atomic E-state index is 0.0797. The number of nitrogens with two attached hydrogens (primary N) is 1. The molecule has 1 saturated heterocycles. The maximum absolute atomic E-state index is 8.58. The lowest BCUT2D eigenvalue weighted by molar-refractivity contribution is -0.106. The van der Waals surface area contributed by atoms with Crippen LogP contribution in [0.1, 0.15) is 18.5 Å². The number of aromatic nitrogens is 2. The average molecular weight is 388 g/mol. The third-order valence-electron chi connectivity index (χ3n) is 4.68. The summed E-state index contributed by atoms with van der Waals surface area (Å²) in [5, 5.41) is 3.14. The van der Waals surface area contributed by atoms with E-state index in [1.54, 1.807) is 0 Å². The second-order valence-corrected chi connectivity index (χ2v) is 7.39. The van der Waals surface area contributed by atoms with Crippen molar-refractivity contribution in [3.8, 4) is 11.4 Å². The highest BCUT2D eigenvalue weighted by Gasteiger charge is 2.42. The number of hydrogen-bond donors (Lipinski definition) is 3. The van der Waals surface area contributed by atoms with Crippen LogP contribution in [-0.4, -0.2) is 49.7 Å². The van der Waals surface area contributed by atoms with Crippen LogP contribution in [0.3, 0.4) is 0 Å². The SMILES string of the molecule is CNc1ccc(-c2nc(N3CCOCC3)cc(C3(S)CC3)n2)cc1.NC=O. The highest BCUT2D eigenvalue weighted by atomic mass is 32.1. The van der Waals surface area contributed by atoms with Crippen molar-refractivity contribution >= 4 is 30.5 Å².